The molecule has 1 aliphatic heterocycles. The molecule has 3 N–H and O–H groups in total. The zero-order chi connectivity index (χ0) is 13.0. The molecule has 2 rings (SSSR count). The van der Waals surface area contributed by atoms with Crippen LogP contribution in [-0.2, 0) is 4.74 Å². The molecule has 0 saturated carbocycles. The number of ether oxygens (including phenoxy) is 1. The largest absolute Gasteiger partial charge is 0.374 e. The Kier molecular flexibility index (Phi) is 4.32. The topological polar surface area (TPSA) is 47.3 Å². The minimum Gasteiger partial charge on any atom is -0.374 e. The van der Waals surface area contributed by atoms with Crippen molar-refractivity contribution in [2.75, 3.05) is 19.7 Å². The molecule has 1 aliphatic rings. The third-order valence-corrected chi connectivity index (χ3v) is 3.51. The fraction of sp³-hybridized carbons (Fsp3) is 0.571. The molecule has 2 unspecified atom stereocenters. The quantitative estimate of drug-likeness (QED) is 0.842. The third-order valence-electron chi connectivity index (χ3n) is 3.51. The van der Waals surface area contributed by atoms with Crippen LogP contribution in [0.1, 0.15) is 31.4 Å². The summed E-state index contributed by atoms with van der Waals surface area (Å²) in [5.74, 6) is -0.226. The number of nitrogens with two attached hydrogens (primary N) is 1. The fourth-order valence-corrected chi connectivity index (χ4v) is 2.38. The number of benzene rings is 1. The van der Waals surface area contributed by atoms with E-state index in [0.717, 1.165) is 31.6 Å². The van der Waals surface area contributed by atoms with Crippen LogP contribution >= 0.6 is 0 Å². The second-order valence-electron chi connectivity index (χ2n) is 5.13. The SMILES string of the molecule is CC1(CNC(CN)c2cccc(F)c2)CCCO1. The predicted octanol–water partition coefficient (Wildman–Crippen LogP) is 1.98. The first-order chi connectivity index (χ1) is 8.63. The van der Waals surface area contributed by atoms with Crippen LogP contribution in [0, 0.1) is 5.82 Å². The van der Waals surface area contributed by atoms with E-state index in [1.807, 2.05) is 6.07 Å². The lowest BCUT2D eigenvalue weighted by atomic mass is 10.0. The first-order valence-electron chi connectivity index (χ1n) is 6.46. The van der Waals surface area contributed by atoms with Crippen LogP contribution in [0.15, 0.2) is 24.3 Å². The van der Waals surface area contributed by atoms with Gasteiger partial charge in [-0.05, 0) is 37.5 Å². The summed E-state index contributed by atoms with van der Waals surface area (Å²) in [6.07, 6.45) is 2.16. The van der Waals surface area contributed by atoms with Crippen LogP contribution in [0.5, 0.6) is 0 Å². The molecule has 1 saturated heterocycles. The molecule has 4 heteroatoms. The fourth-order valence-electron chi connectivity index (χ4n) is 2.38. The molecule has 1 heterocycles. The normalized spacial score (nSPS) is 25.3. The molecule has 100 valence electrons. The summed E-state index contributed by atoms with van der Waals surface area (Å²) < 4.78 is 18.9. The number of hydrogen-bond donors (Lipinski definition) is 2. The molecule has 0 aromatic heterocycles. The Morgan fingerprint density at radius 3 is 3.00 bits per heavy atom. The highest BCUT2D eigenvalue weighted by Gasteiger charge is 2.30. The van der Waals surface area contributed by atoms with E-state index in [9.17, 15) is 4.39 Å². The van der Waals surface area contributed by atoms with E-state index in [-0.39, 0.29) is 17.5 Å². The second-order valence-corrected chi connectivity index (χ2v) is 5.13. The maximum Gasteiger partial charge on any atom is 0.123 e. The monoisotopic (exact) mass is 252 g/mol. The van der Waals surface area contributed by atoms with Crippen molar-refractivity contribution in [1.82, 2.24) is 5.32 Å². The van der Waals surface area contributed by atoms with Crippen LogP contribution < -0.4 is 11.1 Å². The van der Waals surface area contributed by atoms with Crippen molar-refractivity contribution >= 4 is 0 Å². The molecule has 3 nitrogen and oxygen atoms in total. The van der Waals surface area contributed by atoms with Gasteiger partial charge in [-0.2, -0.15) is 0 Å². The summed E-state index contributed by atoms with van der Waals surface area (Å²) in [5, 5.41) is 3.38. The van der Waals surface area contributed by atoms with E-state index in [1.165, 1.54) is 12.1 Å². The standard InChI is InChI=1S/C14H21FN2O/c1-14(6-3-7-18-14)10-17-13(9-16)11-4-2-5-12(15)8-11/h2,4-5,8,13,17H,3,6-7,9-10,16H2,1H3. The van der Waals surface area contributed by atoms with Crippen LogP contribution in [-0.4, -0.2) is 25.3 Å². The molecule has 1 aromatic carbocycles. The van der Waals surface area contributed by atoms with Gasteiger partial charge in [-0.3, -0.25) is 0 Å². The molecule has 2 atom stereocenters. The highest BCUT2D eigenvalue weighted by molar-refractivity contribution is 5.20. The molecular formula is C14H21FN2O. The molecule has 1 aromatic rings. The van der Waals surface area contributed by atoms with Gasteiger partial charge in [0.2, 0.25) is 0 Å². The number of rotatable bonds is 5. The van der Waals surface area contributed by atoms with Gasteiger partial charge in [0.05, 0.1) is 5.60 Å². The summed E-state index contributed by atoms with van der Waals surface area (Å²) in [4.78, 5) is 0. The lowest BCUT2D eigenvalue weighted by Crippen LogP contribution is -2.41. The molecule has 0 bridgehead atoms. The lowest BCUT2D eigenvalue weighted by Gasteiger charge is -2.27. The minimum absolute atomic E-state index is 0.0262. The zero-order valence-electron chi connectivity index (χ0n) is 10.8. The number of nitrogens with one attached hydrogen (secondary N) is 1. The lowest BCUT2D eigenvalue weighted by molar-refractivity contribution is 0.0189. The van der Waals surface area contributed by atoms with Crippen molar-refractivity contribution in [2.45, 2.75) is 31.4 Å². The highest BCUT2D eigenvalue weighted by atomic mass is 19.1. The van der Waals surface area contributed by atoms with Gasteiger partial charge in [-0.1, -0.05) is 12.1 Å². The van der Waals surface area contributed by atoms with Gasteiger partial charge in [0.1, 0.15) is 5.82 Å². The van der Waals surface area contributed by atoms with Gasteiger partial charge >= 0.3 is 0 Å². The van der Waals surface area contributed by atoms with Crippen LogP contribution in [0.2, 0.25) is 0 Å². The molecule has 0 spiro atoms. The summed E-state index contributed by atoms with van der Waals surface area (Å²) in [5.41, 5.74) is 6.53. The first-order valence-corrected chi connectivity index (χ1v) is 6.46. The van der Waals surface area contributed by atoms with Gasteiger partial charge in [0.25, 0.3) is 0 Å². The van der Waals surface area contributed by atoms with Gasteiger partial charge < -0.3 is 15.8 Å². The van der Waals surface area contributed by atoms with E-state index >= 15 is 0 Å². The van der Waals surface area contributed by atoms with Crippen LogP contribution in [0.3, 0.4) is 0 Å². The molecular weight excluding hydrogens is 231 g/mol. The summed E-state index contributed by atoms with van der Waals surface area (Å²) in [6.45, 7) is 4.11. The average Bonchev–Trinajstić information content (AvgIpc) is 2.77. The highest BCUT2D eigenvalue weighted by Crippen LogP contribution is 2.25. The van der Waals surface area contributed by atoms with Gasteiger partial charge in [-0.15, -0.1) is 0 Å². The van der Waals surface area contributed by atoms with E-state index in [1.54, 1.807) is 6.07 Å². The van der Waals surface area contributed by atoms with E-state index < -0.39 is 0 Å². The van der Waals surface area contributed by atoms with Crippen molar-refractivity contribution < 1.29 is 9.13 Å². The Bertz CT molecular complexity index is 391. The Morgan fingerprint density at radius 2 is 2.39 bits per heavy atom. The maximum absolute atomic E-state index is 13.2. The minimum atomic E-state index is -0.226. The summed E-state index contributed by atoms with van der Waals surface area (Å²) in [7, 11) is 0. The molecule has 0 amide bonds. The second kappa shape index (κ2) is 5.78. The number of halogens is 1. The van der Waals surface area contributed by atoms with Crippen molar-refractivity contribution in [2.24, 2.45) is 5.73 Å². The van der Waals surface area contributed by atoms with Crippen molar-refractivity contribution in [3.8, 4) is 0 Å². The Hall–Kier alpha value is -0.970. The third kappa shape index (κ3) is 3.28. The van der Waals surface area contributed by atoms with Gasteiger partial charge in [0.15, 0.2) is 0 Å². The van der Waals surface area contributed by atoms with Gasteiger partial charge in [0, 0.05) is 25.7 Å². The summed E-state index contributed by atoms with van der Waals surface area (Å²) in [6, 6.07) is 6.55. The van der Waals surface area contributed by atoms with Crippen LogP contribution in [0.25, 0.3) is 0 Å². The Morgan fingerprint density at radius 1 is 1.56 bits per heavy atom. The molecule has 18 heavy (non-hydrogen) atoms. The van der Waals surface area contributed by atoms with E-state index in [0.29, 0.717) is 6.54 Å². The predicted molar refractivity (Wildman–Crippen MR) is 69.8 cm³/mol. The average molecular weight is 252 g/mol. The summed E-state index contributed by atoms with van der Waals surface area (Å²) >= 11 is 0. The molecule has 0 radical (unpaired) electrons. The van der Waals surface area contributed by atoms with Crippen molar-refractivity contribution in [1.29, 1.82) is 0 Å². The number of hydrogen-bond acceptors (Lipinski definition) is 3. The van der Waals surface area contributed by atoms with Crippen LogP contribution in [0.4, 0.5) is 4.39 Å². The van der Waals surface area contributed by atoms with E-state index in [4.69, 9.17) is 10.5 Å². The van der Waals surface area contributed by atoms with Gasteiger partial charge in [-0.25, -0.2) is 4.39 Å². The smallest absolute Gasteiger partial charge is 0.123 e. The van der Waals surface area contributed by atoms with Crippen molar-refractivity contribution in [3.63, 3.8) is 0 Å². The molecule has 0 aliphatic carbocycles. The maximum atomic E-state index is 13.2. The Balaban J connectivity index is 1.97. The van der Waals surface area contributed by atoms with Crippen molar-refractivity contribution in [3.05, 3.63) is 35.6 Å². The zero-order valence-corrected chi connectivity index (χ0v) is 10.8. The Labute approximate surface area is 108 Å². The van der Waals surface area contributed by atoms with E-state index in [2.05, 4.69) is 12.2 Å². The first kappa shape index (κ1) is 13.5. The molecule has 1 fully saturated rings.